The molecule has 0 rings (SSSR count). The van der Waals surface area contributed by atoms with E-state index in [1.807, 2.05) is 0 Å². The van der Waals surface area contributed by atoms with Gasteiger partial charge in [0.2, 0.25) is 5.91 Å². The quantitative estimate of drug-likeness (QED) is 0.0418. The zero-order valence-electron chi connectivity index (χ0n) is 42.3. The molecule has 6 nitrogen and oxygen atoms in total. The summed E-state index contributed by atoms with van der Waals surface area (Å²) in [5.41, 5.74) is 0. The molecule has 0 fully saturated rings. The van der Waals surface area contributed by atoms with Crippen LogP contribution in [-0.4, -0.2) is 46.9 Å². The third-order valence-electron chi connectivity index (χ3n) is 13.4. The predicted molar refractivity (Wildman–Crippen MR) is 269 cm³/mol. The lowest BCUT2D eigenvalue weighted by atomic mass is 10.0. The smallest absolute Gasteiger partial charge is 0.306 e. The van der Waals surface area contributed by atoms with Gasteiger partial charge in [-0.2, -0.15) is 0 Å². The minimum Gasteiger partial charge on any atom is -0.462 e. The van der Waals surface area contributed by atoms with Gasteiger partial charge in [0.25, 0.3) is 0 Å². The number of aliphatic hydroxyl groups is 2. The van der Waals surface area contributed by atoms with Gasteiger partial charge < -0.3 is 20.3 Å². The lowest BCUT2D eigenvalue weighted by molar-refractivity contribution is -0.151. The van der Waals surface area contributed by atoms with Crippen LogP contribution in [0.5, 0.6) is 0 Å². The summed E-state index contributed by atoms with van der Waals surface area (Å²) < 4.78 is 5.96. The maximum Gasteiger partial charge on any atom is 0.306 e. The van der Waals surface area contributed by atoms with Crippen LogP contribution in [0.2, 0.25) is 0 Å². The molecule has 370 valence electrons. The molecule has 0 aliphatic rings. The fourth-order valence-electron chi connectivity index (χ4n) is 9.14. The number of nitrogens with one attached hydrogen (secondary N) is 1. The van der Waals surface area contributed by atoms with Crippen LogP contribution in [0, 0.1) is 0 Å². The van der Waals surface area contributed by atoms with Crippen molar-refractivity contribution in [3.63, 3.8) is 0 Å². The number of hydrogen-bond donors (Lipinski definition) is 3. The van der Waals surface area contributed by atoms with Gasteiger partial charge in [-0.3, -0.25) is 9.59 Å². The molecule has 0 aromatic rings. The number of unbranched alkanes of at least 4 members (excludes halogenated alkanes) is 40. The molecule has 0 radical (unpaired) electrons. The summed E-state index contributed by atoms with van der Waals surface area (Å²) in [7, 11) is 0. The van der Waals surface area contributed by atoms with Crippen molar-refractivity contribution in [2.75, 3.05) is 6.61 Å². The van der Waals surface area contributed by atoms with Crippen LogP contribution in [0.1, 0.15) is 323 Å². The van der Waals surface area contributed by atoms with Gasteiger partial charge in [0.05, 0.1) is 25.2 Å². The van der Waals surface area contributed by atoms with E-state index < -0.39 is 18.2 Å². The van der Waals surface area contributed by atoms with Gasteiger partial charge in [-0.05, 0) is 25.7 Å². The highest BCUT2D eigenvalue weighted by atomic mass is 16.5. The van der Waals surface area contributed by atoms with Crippen LogP contribution in [-0.2, 0) is 14.3 Å². The maximum absolute atomic E-state index is 13.2. The molecule has 0 aromatic carbocycles. The normalized spacial score (nSPS) is 13.0. The highest BCUT2D eigenvalue weighted by Crippen LogP contribution is 2.19. The zero-order valence-corrected chi connectivity index (χ0v) is 42.3. The predicted octanol–water partition coefficient (Wildman–Crippen LogP) is 17.1. The number of esters is 1. The van der Waals surface area contributed by atoms with Crippen molar-refractivity contribution in [2.24, 2.45) is 0 Å². The fraction of sp³-hybridized carbons (Fsp3) is 0.964. The number of amides is 1. The minimum atomic E-state index is -0.779. The van der Waals surface area contributed by atoms with E-state index >= 15 is 0 Å². The second-order valence-corrected chi connectivity index (χ2v) is 19.7. The van der Waals surface area contributed by atoms with E-state index in [1.54, 1.807) is 0 Å². The number of rotatable bonds is 52. The summed E-state index contributed by atoms with van der Waals surface area (Å²) in [5.74, 6) is -0.446. The van der Waals surface area contributed by atoms with Gasteiger partial charge in [-0.15, -0.1) is 0 Å². The van der Waals surface area contributed by atoms with E-state index in [4.69, 9.17) is 4.74 Å². The Morgan fingerprint density at radius 2 is 0.677 bits per heavy atom. The lowest BCUT2D eigenvalue weighted by Crippen LogP contribution is -2.46. The molecule has 6 heteroatoms. The molecule has 0 spiro atoms. The Labute approximate surface area is 387 Å². The Bertz CT molecular complexity index is 898. The topological polar surface area (TPSA) is 95.9 Å². The largest absolute Gasteiger partial charge is 0.462 e. The van der Waals surface area contributed by atoms with Gasteiger partial charge in [0.1, 0.15) is 6.10 Å². The molecule has 3 N–H and O–H groups in total. The molecule has 3 unspecified atom stereocenters. The summed E-state index contributed by atoms with van der Waals surface area (Å²) in [4.78, 5) is 26.2. The van der Waals surface area contributed by atoms with E-state index in [0.717, 1.165) is 38.5 Å². The van der Waals surface area contributed by atoms with Gasteiger partial charge in [-0.25, -0.2) is 0 Å². The molecule has 0 aromatic heterocycles. The standard InChI is InChI=1S/C56H111NO5/c1-4-7-10-13-16-19-22-25-28-31-34-37-40-43-46-49-56(61)62-52(47-44-41-38-35-32-29-26-23-20-17-14-11-8-5-2)50-55(60)57-53(51-58)54(59)48-45-42-39-36-33-30-27-24-21-18-15-12-9-6-3/h52-54,58-59H,4-51H2,1-3H3,(H,57,60). The number of ether oxygens (including phenoxy) is 1. The van der Waals surface area contributed by atoms with Crippen molar-refractivity contribution in [2.45, 2.75) is 341 Å². The van der Waals surface area contributed by atoms with Crippen molar-refractivity contribution < 1.29 is 24.5 Å². The third-order valence-corrected chi connectivity index (χ3v) is 13.4. The lowest BCUT2D eigenvalue weighted by Gasteiger charge is -2.24. The molecule has 62 heavy (non-hydrogen) atoms. The fourth-order valence-corrected chi connectivity index (χ4v) is 9.14. The molecular formula is C56H111NO5. The van der Waals surface area contributed by atoms with E-state index in [1.165, 1.54) is 238 Å². The monoisotopic (exact) mass is 878 g/mol. The molecule has 1 amide bonds. The molecule has 3 atom stereocenters. The van der Waals surface area contributed by atoms with Crippen molar-refractivity contribution in [1.29, 1.82) is 0 Å². The van der Waals surface area contributed by atoms with E-state index in [0.29, 0.717) is 19.3 Å². The minimum absolute atomic E-state index is 0.0884. The first-order chi connectivity index (χ1) is 30.5. The van der Waals surface area contributed by atoms with Crippen LogP contribution in [0.3, 0.4) is 0 Å². The first-order valence-electron chi connectivity index (χ1n) is 28.3. The SMILES string of the molecule is CCCCCCCCCCCCCCCCCC(=O)OC(CCCCCCCCCCCCCCCC)CC(=O)NC(CO)C(O)CCCCCCCCCCCCCCCC. The molecule has 0 heterocycles. The highest BCUT2D eigenvalue weighted by molar-refractivity contribution is 5.77. The first kappa shape index (κ1) is 60.9. The molecule has 0 aliphatic heterocycles. The molecule has 0 saturated heterocycles. The Morgan fingerprint density at radius 3 is 0.984 bits per heavy atom. The molecular weight excluding hydrogens is 767 g/mol. The van der Waals surface area contributed by atoms with Gasteiger partial charge >= 0.3 is 5.97 Å². The van der Waals surface area contributed by atoms with E-state index in [-0.39, 0.29) is 24.9 Å². The van der Waals surface area contributed by atoms with Crippen LogP contribution in [0.4, 0.5) is 0 Å². The van der Waals surface area contributed by atoms with Crippen LogP contribution in [0.15, 0.2) is 0 Å². The van der Waals surface area contributed by atoms with E-state index in [9.17, 15) is 19.8 Å². The Balaban J connectivity index is 4.49. The number of hydrogen-bond acceptors (Lipinski definition) is 5. The Morgan fingerprint density at radius 1 is 0.403 bits per heavy atom. The first-order valence-corrected chi connectivity index (χ1v) is 28.3. The van der Waals surface area contributed by atoms with Crippen LogP contribution < -0.4 is 5.32 Å². The van der Waals surface area contributed by atoms with Crippen molar-refractivity contribution in [3.8, 4) is 0 Å². The summed E-state index contributed by atoms with van der Waals surface area (Å²) in [6.45, 7) is 6.53. The van der Waals surface area contributed by atoms with Gasteiger partial charge in [0.15, 0.2) is 0 Å². The Kier molecular flexibility index (Phi) is 49.9. The molecule has 0 bridgehead atoms. The number of aliphatic hydroxyl groups excluding tert-OH is 2. The number of carbonyl (C=O) groups excluding carboxylic acids is 2. The average molecular weight is 879 g/mol. The molecule has 0 aliphatic carbocycles. The van der Waals surface area contributed by atoms with Crippen molar-refractivity contribution in [3.05, 3.63) is 0 Å². The van der Waals surface area contributed by atoms with Gasteiger partial charge in [0, 0.05) is 6.42 Å². The van der Waals surface area contributed by atoms with E-state index in [2.05, 4.69) is 26.1 Å². The van der Waals surface area contributed by atoms with Crippen molar-refractivity contribution >= 4 is 11.9 Å². The summed E-state index contributed by atoms with van der Waals surface area (Å²) in [6.07, 6.45) is 55.9. The third kappa shape index (κ3) is 45.4. The molecule has 0 saturated carbocycles. The van der Waals surface area contributed by atoms with Crippen LogP contribution >= 0.6 is 0 Å². The zero-order chi connectivity index (χ0) is 45.2. The Hall–Kier alpha value is -1.14. The summed E-state index contributed by atoms with van der Waals surface area (Å²) in [6, 6.07) is -0.692. The second kappa shape index (κ2) is 50.9. The van der Waals surface area contributed by atoms with Crippen LogP contribution in [0.25, 0.3) is 0 Å². The second-order valence-electron chi connectivity index (χ2n) is 19.7. The van der Waals surface area contributed by atoms with Crippen molar-refractivity contribution in [1.82, 2.24) is 5.32 Å². The summed E-state index contributed by atoms with van der Waals surface area (Å²) >= 11 is 0. The average Bonchev–Trinajstić information content (AvgIpc) is 3.26. The van der Waals surface area contributed by atoms with Gasteiger partial charge in [-0.1, -0.05) is 284 Å². The maximum atomic E-state index is 13.2. The number of carbonyl (C=O) groups is 2. The summed E-state index contributed by atoms with van der Waals surface area (Å²) in [5, 5.41) is 23.9. The highest BCUT2D eigenvalue weighted by Gasteiger charge is 2.24.